The van der Waals surface area contributed by atoms with E-state index < -0.39 is 0 Å². The van der Waals surface area contributed by atoms with Gasteiger partial charge in [-0.25, -0.2) is 0 Å². The van der Waals surface area contributed by atoms with E-state index in [-0.39, 0.29) is 0 Å². The molecule has 1 aromatic heterocycles. The molecule has 2 rings (SSSR count). The van der Waals surface area contributed by atoms with Crippen LogP contribution in [0.25, 0.3) is 0 Å². The normalized spacial score (nSPS) is 10.6. The third-order valence-corrected chi connectivity index (χ3v) is 3.91. The molecule has 112 valence electrons. The lowest BCUT2D eigenvalue weighted by molar-refractivity contribution is 0.717. The zero-order valence-electron chi connectivity index (χ0n) is 12.6. The Morgan fingerprint density at radius 3 is 2.71 bits per heavy atom. The minimum absolute atomic E-state index is 0.826. The van der Waals surface area contributed by atoms with Gasteiger partial charge in [-0.05, 0) is 43.3 Å². The van der Waals surface area contributed by atoms with Crippen molar-refractivity contribution in [1.82, 2.24) is 10.3 Å². The molecule has 21 heavy (non-hydrogen) atoms. The van der Waals surface area contributed by atoms with Crippen LogP contribution >= 0.6 is 15.9 Å². The quantitative estimate of drug-likeness (QED) is 0.820. The molecule has 0 saturated heterocycles. The molecule has 0 aliphatic heterocycles. The van der Waals surface area contributed by atoms with Crippen LogP contribution in [0, 0.1) is 0 Å². The topological polar surface area (TPSA) is 28.2 Å². The molecule has 1 heterocycles. The highest BCUT2D eigenvalue weighted by atomic mass is 79.9. The predicted octanol–water partition coefficient (Wildman–Crippen LogP) is 3.98. The highest BCUT2D eigenvalue weighted by molar-refractivity contribution is 9.10. The molecule has 0 radical (unpaired) electrons. The molecule has 0 saturated carbocycles. The van der Waals surface area contributed by atoms with Crippen molar-refractivity contribution < 1.29 is 0 Å². The first kappa shape index (κ1) is 16.0. The molecule has 1 N–H and O–H groups in total. The monoisotopic (exact) mass is 347 g/mol. The highest BCUT2D eigenvalue weighted by Gasteiger charge is 2.11. The van der Waals surface area contributed by atoms with E-state index in [1.54, 1.807) is 0 Å². The molecule has 3 nitrogen and oxygen atoms in total. The molecule has 4 heteroatoms. The standard InChI is InChI=1S/C17H22BrN3/c1-3-19-12-14-8-9-15(18)11-17(14)21(4-2)13-16-7-5-6-10-20-16/h5-11,19H,3-4,12-13H2,1-2H3. The van der Waals surface area contributed by atoms with Gasteiger partial charge in [0.2, 0.25) is 0 Å². The first-order valence-electron chi connectivity index (χ1n) is 7.38. The SMILES string of the molecule is CCNCc1ccc(Br)cc1N(CC)Cc1ccccn1. The van der Waals surface area contributed by atoms with Gasteiger partial charge in [0.25, 0.3) is 0 Å². The second kappa shape index (κ2) is 8.15. The molecule has 0 amide bonds. The van der Waals surface area contributed by atoms with Gasteiger partial charge in [0.15, 0.2) is 0 Å². The van der Waals surface area contributed by atoms with E-state index in [4.69, 9.17) is 0 Å². The van der Waals surface area contributed by atoms with Crippen LogP contribution in [0.2, 0.25) is 0 Å². The molecular weight excluding hydrogens is 326 g/mol. The minimum Gasteiger partial charge on any atom is -0.366 e. The molecule has 0 unspecified atom stereocenters. The van der Waals surface area contributed by atoms with Crippen molar-refractivity contribution >= 4 is 21.6 Å². The average molecular weight is 348 g/mol. The Hall–Kier alpha value is -1.39. The maximum absolute atomic E-state index is 4.44. The molecule has 1 aromatic carbocycles. The van der Waals surface area contributed by atoms with Crippen molar-refractivity contribution in [1.29, 1.82) is 0 Å². The highest BCUT2D eigenvalue weighted by Crippen LogP contribution is 2.26. The Labute approximate surface area is 135 Å². The van der Waals surface area contributed by atoms with Crippen LogP contribution < -0.4 is 10.2 Å². The number of pyridine rings is 1. The molecular formula is C17H22BrN3. The fourth-order valence-corrected chi connectivity index (χ4v) is 2.64. The fourth-order valence-electron chi connectivity index (χ4n) is 2.30. The smallest absolute Gasteiger partial charge is 0.0602 e. The Kier molecular flexibility index (Phi) is 6.21. The Morgan fingerprint density at radius 2 is 2.05 bits per heavy atom. The Balaban J connectivity index is 2.25. The van der Waals surface area contributed by atoms with Gasteiger partial charge >= 0.3 is 0 Å². The summed E-state index contributed by atoms with van der Waals surface area (Å²) in [4.78, 5) is 6.80. The third-order valence-electron chi connectivity index (χ3n) is 3.41. The molecule has 0 bridgehead atoms. The second-order valence-corrected chi connectivity index (χ2v) is 5.80. The van der Waals surface area contributed by atoms with Gasteiger partial charge in [-0.2, -0.15) is 0 Å². The Bertz CT molecular complexity index is 557. The van der Waals surface area contributed by atoms with Gasteiger partial charge < -0.3 is 10.2 Å². The first-order valence-corrected chi connectivity index (χ1v) is 8.17. The number of benzene rings is 1. The fraction of sp³-hybridized carbons (Fsp3) is 0.353. The van der Waals surface area contributed by atoms with Gasteiger partial charge in [-0.1, -0.05) is 35.0 Å². The maximum atomic E-state index is 4.44. The minimum atomic E-state index is 0.826. The van der Waals surface area contributed by atoms with Crippen LogP contribution in [-0.2, 0) is 13.1 Å². The van der Waals surface area contributed by atoms with Crippen molar-refractivity contribution in [3.63, 3.8) is 0 Å². The number of aromatic nitrogens is 1. The first-order chi connectivity index (χ1) is 10.2. The van der Waals surface area contributed by atoms with Crippen molar-refractivity contribution in [2.24, 2.45) is 0 Å². The van der Waals surface area contributed by atoms with Crippen LogP contribution in [0.3, 0.4) is 0 Å². The van der Waals surface area contributed by atoms with E-state index >= 15 is 0 Å². The van der Waals surface area contributed by atoms with Crippen LogP contribution in [0.1, 0.15) is 25.1 Å². The second-order valence-electron chi connectivity index (χ2n) is 4.89. The van der Waals surface area contributed by atoms with Crippen LogP contribution in [0.15, 0.2) is 47.1 Å². The van der Waals surface area contributed by atoms with E-state index in [1.165, 1.54) is 11.3 Å². The summed E-state index contributed by atoms with van der Waals surface area (Å²) in [5.74, 6) is 0. The number of anilines is 1. The van der Waals surface area contributed by atoms with E-state index in [0.29, 0.717) is 0 Å². The summed E-state index contributed by atoms with van der Waals surface area (Å²) >= 11 is 3.58. The lowest BCUT2D eigenvalue weighted by atomic mass is 10.1. The van der Waals surface area contributed by atoms with Gasteiger partial charge in [0.1, 0.15) is 0 Å². The van der Waals surface area contributed by atoms with E-state index in [9.17, 15) is 0 Å². The molecule has 0 aliphatic carbocycles. The van der Waals surface area contributed by atoms with Crippen molar-refractivity contribution in [2.75, 3.05) is 18.0 Å². The maximum Gasteiger partial charge on any atom is 0.0602 e. The largest absolute Gasteiger partial charge is 0.366 e. The average Bonchev–Trinajstić information content (AvgIpc) is 2.52. The number of hydrogen-bond donors (Lipinski definition) is 1. The van der Waals surface area contributed by atoms with Crippen LogP contribution in [0.5, 0.6) is 0 Å². The van der Waals surface area contributed by atoms with Gasteiger partial charge in [-0.3, -0.25) is 4.98 Å². The Morgan fingerprint density at radius 1 is 1.19 bits per heavy atom. The molecule has 0 fully saturated rings. The van der Waals surface area contributed by atoms with E-state index in [0.717, 1.165) is 36.3 Å². The summed E-state index contributed by atoms with van der Waals surface area (Å²) in [7, 11) is 0. The van der Waals surface area contributed by atoms with Crippen molar-refractivity contribution in [3.8, 4) is 0 Å². The van der Waals surface area contributed by atoms with Crippen LogP contribution in [0.4, 0.5) is 5.69 Å². The lowest BCUT2D eigenvalue weighted by Gasteiger charge is -2.26. The zero-order chi connectivity index (χ0) is 15.1. The summed E-state index contributed by atoms with van der Waals surface area (Å²) in [5.41, 5.74) is 3.67. The number of rotatable bonds is 7. The van der Waals surface area contributed by atoms with Crippen molar-refractivity contribution in [3.05, 3.63) is 58.3 Å². The van der Waals surface area contributed by atoms with Gasteiger partial charge in [-0.15, -0.1) is 0 Å². The van der Waals surface area contributed by atoms with Crippen molar-refractivity contribution in [2.45, 2.75) is 26.9 Å². The summed E-state index contributed by atoms with van der Waals surface area (Å²) in [6, 6.07) is 12.5. The number of nitrogens with one attached hydrogen (secondary N) is 1. The van der Waals surface area contributed by atoms with Gasteiger partial charge in [0.05, 0.1) is 12.2 Å². The summed E-state index contributed by atoms with van der Waals surface area (Å²) < 4.78 is 1.11. The number of halogens is 1. The summed E-state index contributed by atoms with van der Waals surface area (Å²) in [6.45, 7) is 7.95. The molecule has 0 aliphatic rings. The predicted molar refractivity (Wildman–Crippen MR) is 92.5 cm³/mol. The zero-order valence-corrected chi connectivity index (χ0v) is 14.2. The lowest BCUT2D eigenvalue weighted by Crippen LogP contribution is -2.25. The molecule has 0 spiro atoms. The summed E-state index contributed by atoms with van der Waals surface area (Å²) in [5, 5.41) is 3.41. The van der Waals surface area contributed by atoms with Gasteiger partial charge in [0, 0.05) is 29.4 Å². The molecule has 0 atom stereocenters. The number of hydrogen-bond acceptors (Lipinski definition) is 3. The molecule has 2 aromatic rings. The van der Waals surface area contributed by atoms with E-state index in [1.807, 2.05) is 18.3 Å². The number of nitrogens with zero attached hydrogens (tertiary/aromatic N) is 2. The van der Waals surface area contributed by atoms with E-state index in [2.05, 4.69) is 69.2 Å². The third kappa shape index (κ3) is 4.55. The summed E-state index contributed by atoms with van der Waals surface area (Å²) in [6.07, 6.45) is 1.85. The van der Waals surface area contributed by atoms with Crippen LogP contribution in [-0.4, -0.2) is 18.1 Å².